The topological polar surface area (TPSA) is 98.5 Å². The number of halogens is 1. The highest BCUT2D eigenvalue weighted by Gasteiger charge is 2.25. The van der Waals surface area contributed by atoms with Crippen LogP contribution < -0.4 is 5.32 Å². The lowest BCUT2D eigenvalue weighted by Gasteiger charge is -2.17. The molecule has 0 bridgehead atoms. The number of carbonyl (C=O) groups is 2. The van der Waals surface area contributed by atoms with Gasteiger partial charge in [0.25, 0.3) is 11.6 Å². The Morgan fingerprint density at radius 2 is 1.92 bits per heavy atom. The summed E-state index contributed by atoms with van der Waals surface area (Å²) in [7, 11) is 0. The molecule has 0 saturated heterocycles. The van der Waals surface area contributed by atoms with Crippen molar-refractivity contribution in [1.82, 2.24) is 0 Å². The molecule has 1 amide bonds. The van der Waals surface area contributed by atoms with E-state index in [0.717, 1.165) is 6.07 Å². The van der Waals surface area contributed by atoms with Crippen molar-refractivity contribution in [3.05, 3.63) is 81.4 Å². The first kappa shape index (κ1) is 19.1. The summed E-state index contributed by atoms with van der Waals surface area (Å²) < 4.78 is 5.21. The highest BCUT2D eigenvalue weighted by molar-refractivity contribution is 6.32. The minimum Gasteiger partial charge on any atom is -0.444 e. The zero-order valence-electron chi connectivity index (χ0n) is 13.7. The number of hydrogen-bond acceptors (Lipinski definition) is 5. The minimum absolute atomic E-state index is 0.0490. The van der Waals surface area contributed by atoms with Crippen LogP contribution in [0.2, 0.25) is 5.02 Å². The van der Waals surface area contributed by atoms with E-state index in [1.807, 2.05) is 0 Å². The zero-order valence-corrected chi connectivity index (χ0v) is 14.5. The van der Waals surface area contributed by atoms with Gasteiger partial charge in [-0.25, -0.2) is 4.79 Å². The fraction of sp³-hybridized carbons (Fsp3) is 0.111. The van der Waals surface area contributed by atoms with Crippen molar-refractivity contribution in [3.8, 4) is 0 Å². The summed E-state index contributed by atoms with van der Waals surface area (Å²) in [6.45, 7) is 1.64. The van der Waals surface area contributed by atoms with Crippen LogP contribution in [0.25, 0.3) is 0 Å². The standard InChI is InChI=1S/C18H15ClN2O5/c1-2-6-16(22)26-17(12-7-4-3-5-8-12)18(23)20-13-9-10-14(19)15(11-13)21(24)25/h2-11,17H,1H3,(H,20,23)/b6-2+. The van der Waals surface area contributed by atoms with Crippen molar-refractivity contribution in [1.29, 1.82) is 0 Å². The molecule has 7 nitrogen and oxygen atoms in total. The van der Waals surface area contributed by atoms with E-state index in [0.29, 0.717) is 5.56 Å². The molecule has 0 aliphatic rings. The summed E-state index contributed by atoms with van der Waals surface area (Å²) in [4.78, 5) is 34.7. The third-order valence-corrected chi connectivity index (χ3v) is 3.61. The summed E-state index contributed by atoms with van der Waals surface area (Å²) in [6.07, 6.45) is 1.47. The summed E-state index contributed by atoms with van der Waals surface area (Å²) in [5, 5.41) is 13.4. The Bertz CT molecular complexity index is 852. The molecule has 1 unspecified atom stereocenters. The third kappa shape index (κ3) is 4.90. The number of ether oxygens (including phenoxy) is 1. The number of esters is 1. The van der Waals surface area contributed by atoms with E-state index in [4.69, 9.17) is 16.3 Å². The van der Waals surface area contributed by atoms with Gasteiger partial charge in [-0.1, -0.05) is 48.0 Å². The van der Waals surface area contributed by atoms with Gasteiger partial charge in [-0.05, 0) is 19.1 Å². The molecule has 0 aliphatic carbocycles. The quantitative estimate of drug-likeness (QED) is 0.356. The largest absolute Gasteiger partial charge is 0.444 e. The number of anilines is 1. The zero-order chi connectivity index (χ0) is 19.1. The van der Waals surface area contributed by atoms with Gasteiger partial charge in [0.15, 0.2) is 0 Å². The number of amides is 1. The van der Waals surface area contributed by atoms with Gasteiger partial charge < -0.3 is 10.1 Å². The van der Waals surface area contributed by atoms with Gasteiger partial charge in [0.05, 0.1) is 4.92 Å². The SMILES string of the molecule is C/C=C/C(=O)OC(C(=O)Nc1ccc(Cl)c([N+](=O)[O-])c1)c1ccccc1. The Labute approximate surface area is 154 Å². The van der Waals surface area contributed by atoms with Crippen LogP contribution in [-0.2, 0) is 14.3 Å². The van der Waals surface area contributed by atoms with Crippen molar-refractivity contribution >= 4 is 34.9 Å². The van der Waals surface area contributed by atoms with Gasteiger partial charge in [0.2, 0.25) is 6.10 Å². The Balaban J connectivity index is 2.28. The van der Waals surface area contributed by atoms with E-state index < -0.39 is 22.9 Å². The Morgan fingerprint density at radius 1 is 1.23 bits per heavy atom. The van der Waals surface area contributed by atoms with Crippen LogP contribution in [0.1, 0.15) is 18.6 Å². The maximum Gasteiger partial charge on any atom is 0.331 e. The molecular formula is C18H15ClN2O5. The van der Waals surface area contributed by atoms with Crippen molar-refractivity contribution < 1.29 is 19.2 Å². The molecule has 2 rings (SSSR count). The van der Waals surface area contributed by atoms with Gasteiger partial charge in [-0.2, -0.15) is 0 Å². The molecule has 0 aromatic heterocycles. The lowest BCUT2D eigenvalue weighted by Crippen LogP contribution is -2.25. The molecule has 0 heterocycles. The molecule has 0 saturated carbocycles. The van der Waals surface area contributed by atoms with Gasteiger partial charge in [0, 0.05) is 23.4 Å². The molecule has 0 spiro atoms. The molecule has 1 N–H and O–H groups in total. The number of allylic oxidation sites excluding steroid dienone is 1. The average molecular weight is 375 g/mol. The van der Waals surface area contributed by atoms with Crippen molar-refractivity contribution in [2.24, 2.45) is 0 Å². The van der Waals surface area contributed by atoms with E-state index in [9.17, 15) is 19.7 Å². The van der Waals surface area contributed by atoms with Crippen LogP contribution in [0.4, 0.5) is 11.4 Å². The van der Waals surface area contributed by atoms with Crippen LogP contribution >= 0.6 is 11.6 Å². The Hall–Kier alpha value is -3.19. The summed E-state index contributed by atoms with van der Waals surface area (Å²) in [6, 6.07) is 12.3. The molecule has 0 aliphatic heterocycles. The van der Waals surface area contributed by atoms with Gasteiger partial charge in [-0.3, -0.25) is 14.9 Å². The first-order valence-electron chi connectivity index (χ1n) is 7.55. The van der Waals surface area contributed by atoms with E-state index in [1.165, 1.54) is 24.3 Å². The second kappa shape index (κ2) is 8.77. The van der Waals surface area contributed by atoms with Gasteiger partial charge >= 0.3 is 5.97 Å². The number of nitro groups is 1. The second-order valence-electron chi connectivity index (χ2n) is 5.14. The fourth-order valence-corrected chi connectivity index (χ4v) is 2.32. The first-order chi connectivity index (χ1) is 12.4. The highest BCUT2D eigenvalue weighted by Crippen LogP contribution is 2.28. The van der Waals surface area contributed by atoms with Crippen LogP contribution in [0.5, 0.6) is 0 Å². The fourth-order valence-electron chi connectivity index (χ4n) is 2.13. The molecule has 26 heavy (non-hydrogen) atoms. The number of rotatable bonds is 6. The molecular weight excluding hydrogens is 360 g/mol. The maximum absolute atomic E-state index is 12.6. The van der Waals surface area contributed by atoms with E-state index >= 15 is 0 Å². The number of carbonyl (C=O) groups excluding carboxylic acids is 2. The normalized spacial score (nSPS) is 11.8. The monoisotopic (exact) mass is 374 g/mol. The Kier molecular flexibility index (Phi) is 6.46. The molecule has 2 aromatic carbocycles. The van der Waals surface area contributed by atoms with E-state index in [1.54, 1.807) is 37.3 Å². The molecule has 134 valence electrons. The molecule has 0 fully saturated rings. The predicted octanol–water partition coefficient (Wildman–Crippen LogP) is 4.05. The van der Waals surface area contributed by atoms with Crippen LogP contribution in [0.3, 0.4) is 0 Å². The number of nitrogens with zero attached hydrogens (tertiary/aromatic N) is 1. The smallest absolute Gasteiger partial charge is 0.331 e. The van der Waals surface area contributed by atoms with Crippen molar-refractivity contribution in [2.45, 2.75) is 13.0 Å². The van der Waals surface area contributed by atoms with E-state index in [-0.39, 0.29) is 16.4 Å². The number of nitro benzene ring substituents is 1. The van der Waals surface area contributed by atoms with Crippen LogP contribution in [0.15, 0.2) is 60.7 Å². The lowest BCUT2D eigenvalue weighted by atomic mass is 10.1. The predicted molar refractivity (Wildman–Crippen MR) is 96.8 cm³/mol. The maximum atomic E-state index is 12.6. The number of benzene rings is 2. The van der Waals surface area contributed by atoms with Crippen molar-refractivity contribution in [3.63, 3.8) is 0 Å². The Morgan fingerprint density at radius 3 is 2.54 bits per heavy atom. The lowest BCUT2D eigenvalue weighted by molar-refractivity contribution is -0.384. The van der Waals surface area contributed by atoms with E-state index in [2.05, 4.69) is 5.32 Å². The van der Waals surface area contributed by atoms with Crippen LogP contribution in [-0.4, -0.2) is 16.8 Å². The van der Waals surface area contributed by atoms with Crippen LogP contribution in [0, 0.1) is 10.1 Å². The second-order valence-corrected chi connectivity index (χ2v) is 5.55. The molecule has 2 aromatic rings. The summed E-state index contributed by atoms with van der Waals surface area (Å²) in [5.74, 6) is -1.33. The van der Waals surface area contributed by atoms with Gasteiger partial charge in [-0.15, -0.1) is 0 Å². The summed E-state index contributed by atoms with van der Waals surface area (Å²) in [5.41, 5.74) is 0.284. The average Bonchev–Trinajstić information content (AvgIpc) is 2.62. The number of nitrogens with one attached hydrogen (secondary N) is 1. The number of hydrogen-bond donors (Lipinski definition) is 1. The summed E-state index contributed by atoms with van der Waals surface area (Å²) >= 11 is 5.76. The third-order valence-electron chi connectivity index (χ3n) is 3.29. The van der Waals surface area contributed by atoms with Gasteiger partial charge in [0.1, 0.15) is 5.02 Å². The highest BCUT2D eigenvalue weighted by atomic mass is 35.5. The molecule has 1 atom stereocenters. The first-order valence-corrected chi connectivity index (χ1v) is 7.93. The molecule has 8 heteroatoms. The minimum atomic E-state index is -1.21. The van der Waals surface area contributed by atoms with Crippen molar-refractivity contribution in [2.75, 3.05) is 5.32 Å². The molecule has 0 radical (unpaired) electrons.